The number of amides is 1. The maximum Gasteiger partial charge on any atom is 0.258 e. The molecule has 1 aromatic heterocycles. The molecule has 2 N–H and O–H groups in total. The topological polar surface area (TPSA) is 96.5 Å². The van der Waals surface area contributed by atoms with Gasteiger partial charge in [0.15, 0.2) is 11.5 Å². The Kier molecular flexibility index (Phi) is 5.76. The SMILES string of the molecule is COc1cc2nc(CN(Cc3ccc(C(=O)NC4CC4)cc3)C3CC3)[nH]c(=O)c2cc1OC. The number of hydrogen-bond acceptors (Lipinski definition) is 6. The first kappa shape index (κ1) is 21.5. The molecule has 0 aliphatic heterocycles. The van der Waals surface area contributed by atoms with Gasteiger partial charge in [-0.15, -0.1) is 0 Å². The van der Waals surface area contributed by atoms with Crippen LogP contribution in [0.3, 0.4) is 0 Å². The Labute approximate surface area is 191 Å². The van der Waals surface area contributed by atoms with Gasteiger partial charge in [0.25, 0.3) is 11.5 Å². The molecule has 2 aliphatic rings. The van der Waals surface area contributed by atoms with Gasteiger partial charge >= 0.3 is 0 Å². The summed E-state index contributed by atoms with van der Waals surface area (Å²) < 4.78 is 10.7. The zero-order valence-corrected chi connectivity index (χ0v) is 18.9. The second kappa shape index (κ2) is 8.86. The molecule has 33 heavy (non-hydrogen) atoms. The standard InChI is InChI=1S/C25H28N4O4/c1-32-21-11-19-20(12-22(21)33-2)27-23(28-25(19)31)14-29(18-9-10-18)13-15-3-5-16(6-4-15)24(30)26-17-7-8-17/h3-6,11-12,17-18H,7-10,13-14H2,1-2H3,(H,26,30)(H,27,28,31). The maximum atomic E-state index is 12.7. The molecule has 2 saturated carbocycles. The first-order chi connectivity index (χ1) is 16.0. The van der Waals surface area contributed by atoms with Gasteiger partial charge in [0.2, 0.25) is 0 Å². The van der Waals surface area contributed by atoms with Crippen LogP contribution in [0.5, 0.6) is 11.5 Å². The van der Waals surface area contributed by atoms with E-state index in [1.165, 1.54) is 0 Å². The number of carbonyl (C=O) groups excluding carboxylic acids is 1. The van der Waals surface area contributed by atoms with E-state index in [9.17, 15) is 9.59 Å². The third-order valence-electron chi connectivity index (χ3n) is 6.19. The molecule has 8 heteroatoms. The zero-order chi connectivity index (χ0) is 22.9. The number of aromatic amines is 1. The first-order valence-electron chi connectivity index (χ1n) is 11.3. The molecule has 172 valence electrons. The number of ether oxygens (including phenoxy) is 2. The summed E-state index contributed by atoms with van der Waals surface area (Å²) in [4.78, 5) is 34.9. The second-order valence-corrected chi connectivity index (χ2v) is 8.82. The highest BCUT2D eigenvalue weighted by Crippen LogP contribution is 2.31. The highest BCUT2D eigenvalue weighted by molar-refractivity contribution is 5.94. The van der Waals surface area contributed by atoms with Gasteiger partial charge in [0, 0.05) is 30.3 Å². The minimum absolute atomic E-state index is 0.00639. The predicted octanol–water partition coefficient (Wildman–Crippen LogP) is 3.00. The van der Waals surface area contributed by atoms with Crippen LogP contribution in [0.15, 0.2) is 41.2 Å². The maximum absolute atomic E-state index is 12.7. The van der Waals surface area contributed by atoms with Crippen LogP contribution in [-0.2, 0) is 13.1 Å². The van der Waals surface area contributed by atoms with Crippen LogP contribution in [0.4, 0.5) is 0 Å². The van der Waals surface area contributed by atoms with E-state index < -0.39 is 0 Å². The molecule has 0 atom stereocenters. The third-order valence-corrected chi connectivity index (χ3v) is 6.19. The first-order valence-corrected chi connectivity index (χ1v) is 11.3. The molecule has 8 nitrogen and oxygen atoms in total. The molecule has 0 spiro atoms. The summed E-state index contributed by atoms with van der Waals surface area (Å²) in [5.41, 5.74) is 2.19. The summed E-state index contributed by atoms with van der Waals surface area (Å²) in [6.07, 6.45) is 4.41. The Morgan fingerprint density at radius 3 is 2.39 bits per heavy atom. The number of nitrogens with one attached hydrogen (secondary N) is 2. The van der Waals surface area contributed by atoms with Crippen molar-refractivity contribution in [3.05, 3.63) is 63.7 Å². The van der Waals surface area contributed by atoms with Gasteiger partial charge in [-0.25, -0.2) is 4.98 Å². The fourth-order valence-electron chi connectivity index (χ4n) is 4.03. The average Bonchev–Trinajstić information content (AvgIpc) is 3.73. The molecular weight excluding hydrogens is 420 g/mol. The lowest BCUT2D eigenvalue weighted by Gasteiger charge is -2.22. The Morgan fingerprint density at radius 1 is 1.06 bits per heavy atom. The van der Waals surface area contributed by atoms with Crippen LogP contribution >= 0.6 is 0 Å². The van der Waals surface area contributed by atoms with E-state index in [1.54, 1.807) is 26.4 Å². The molecule has 2 fully saturated rings. The molecule has 0 saturated heterocycles. The Balaban J connectivity index is 1.34. The number of rotatable bonds is 9. The van der Waals surface area contributed by atoms with Crippen molar-refractivity contribution in [1.82, 2.24) is 20.2 Å². The predicted molar refractivity (Wildman–Crippen MR) is 125 cm³/mol. The van der Waals surface area contributed by atoms with Crippen LogP contribution < -0.4 is 20.3 Å². The van der Waals surface area contributed by atoms with Gasteiger partial charge in [0.05, 0.1) is 31.7 Å². The van der Waals surface area contributed by atoms with Crippen LogP contribution in [0.1, 0.15) is 47.4 Å². The number of H-pyrrole nitrogens is 1. The molecule has 0 radical (unpaired) electrons. The molecule has 0 bridgehead atoms. The Hall–Kier alpha value is -3.39. The van der Waals surface area contributed by atoms with Crippen LogP contribution in [0.25, 0.3) is 10.9 Å². The number of aromatic nitrogens is 2. The van der Waals surface area contributed by atoms with Crippen LogP contribution in [0, 0.1) is 0 Å². The number of methoxy groups -OCH3 is 2. The van der Waals surface area contributed by atoms with E-state index in [4.69, 9.17) is 14.5 Å². The van der Waals surface area contributed by atoms with E-state index >= 15 is 0 Å². The van der Waals surface area contributed by atoms with E-state index in [0.717, 1.165) is 37.8 Å². The van der Waals surface area contributed by atoms with Gasteiger partial charge in [0.1, 0.15) is 5.82 Å². The summed E-state index contributed by atoms with van der Waals surface area (Å²) in [6.45, 7) is 1.26. The minimum atomic E-state index is -0.197. The number of benzene rings is 2. The van der Waals surface area contributed by atoms with E-state index in [2.05, 4.69) is 15.2 Å². The molecule has 2 aliphatic carbocycles. The van der Waals surface area contributed by atoms with Crippen molar-refractivity contribution in [1.29, 1.82) is 0 Å². The zero-order valence-electron chi connectivity index (χ0n) is 18.9. The third kappa shape index (κ3) is 4.85. The lowest BCUT2D eigenvalue weighted by molar-refractivity contribution is 0.0951. The molecule has 5 rings (SSSR count). The lowest BCUT2D eigenvalue weighted by Crippen LogP contribution is -2.28. The van der Waals surface area contributed by atoms with E-state index in [-0.39, 0.29) is 11.5 Å². The largest absolute Gasteiger partial charge is 0.493 e. The van der Waals surface area contributed by atoms with Crippen molar-refractivity contribution in [2.45, 2.75) is 50.9 Å². The van der Waals surface area contributed by atoms with Gasteiger partial charge in [-0.05, 0) is 49.4 Å². The number of fused-ring (bicyclic) bond motifs is 1. The molecule has 0 unspecified atom stereocenters. The fourth-order valence-corrected chi connectivity index (χ4v) is 4.03. The minimum Gasteiger partial charge on any atom is -0.493 e. The average molecular weight is 449 g/mol. The molecular formula is C25H28N4O4. The summed E-state index contributed by atoms with van der Waals surface area (Å²) in [6, 6.07) is 12.0. The van der Waals surface area contributed by atoms with Gasteiger partial charge in [-0.2, -0.15) is 0 Å². The number of carbonyl (C=O) groups is 1. The summed E-state index contributed by atoms with van der Waals surface area (Å²) >= 11 is 0. The molecule has 1 amide bonds. The van der Waals surface area contributed by atoms with Gasteiger partial charge in [-0.1, -0.05) is 12.1 Å². The van der Waals surface area contributed by atoms with Crippen molar-refractivity contribution >= 4 is 16.8 Å². The highest BCUT2D eigenvalue weighted by atomic mass is 16.5. The molecule has 3 aromatic rings. The van der Waals surface area contributed by atoms with Crippen molar-refractivity contribution < 1.29 is 14.3 Å². The summed E-state index contributed by atoms with van der Waals surface area (Å²) in [7, 11) is 3.10. The molecule has 2 aromatic carbocycles. The van der Waals surface area contributed by atoms with Crippen molar-refractivity contribution in [3.8, 4) is 11.5 Å². The van der Waals surface area contributed by atoms with E-state index in [0.29, 0.717) is 52.4 Å². The quantitative estimate of drug-likeness (QED) is 0.522. The normalized spacial score (nSPS) is 15.6. The smallest absolute Gasteiger partial charge is 0.258 e. The van der Waals surface area contributed by atoms with Gasteiger partial charge < -0.3 is 19.8 Å². The Bertz CT molecular complexity index is 1230. The van der Waals surface area contributed by atoms with Gasteiger partial charge in [-0.3, -0.25) is 14.5 Å². The van der Waals surface area contributed by atoms with E-state index in [1.807, 2.05) is 24.3 Å². The van der Waals surface area contributed by atoms with Crippen molar-refractivity contribution in [2.24, 2.45) is 0 Å². The van der Waals surface area contributed by atoms with Crippen LogP contribution in [0.2, 0.25) is 0 Å². The Morgan fingerprint density at radius 2 is 1.76 bits per heavy atom. The van der Waals surface area contributed by atoms with Crippen LogP contribution in [-0.4, -0.2) is 47.1 Å². The molecule has 1 heterocycles. The summed E-state index contributed by atoms with van der Waals surface area (Å²) in [5, 5.41) is 3.49. The highest BCUT2D eigenvalue weighted by Gasteiger charge is 2.30. The lowest BCUT2D eigenvalue weighted by atomic mass is 10.1. The fraction of sp³-hybridized carbons (Fsp3) is 0.400. The number of nitrogens with zero attached hydrogens (tertiary/aromatic N) is 2. The second-order valence-electron chi connectivity index (χ2n) is 8.82. The monoisotopic (exact) mass is 448 g/mol. The summed E-state index contributed by atoms with van der Waals surface area (Å²) in [5.74, 6) is 1.65. The van der Waals surface area contributed by atoms with Crippen molar-refractivity contribution in [2.75, 3.05) is 14.2 Å². The number of hydrogen-bond donors (Lipinski definition) is 2. The van der Waals surface area contributed by atoms with Crippen molar-refractivity contribution in [3.63, 3.8) is 0 Å².